The zero-order valence-corrected chi connectivity index (χ0v) is 19.1. The van der Waals surface area contributed by atoms with Crippen molar-refractivity contribution in [1.82, 2.24) is 10.2 Å². The number of amides is 2. The molecular weight excluding hydrogens is 400 g/mol. The number of hydrogen-bond acceptors (Lipinski definition) is 5. The second kappa shape index (κ2) is 9.08. The molecule has 162 valence electrons. The lowest BCUT2D eigenvalue weighted by atomic mass is 9.90. The number of fused-ring (bicyclic) bond motifs is 1. The summed E-state index contributed by atoms with van der Waals surface area (Å²) in [5.41, 5.74) is 1.76. The molecular formula is C23H30N2O4S. The summed E-state index contributed by atoms with van der Waals surface area (Å²) in [7, 11) is 3.25. The van der Waals surface area contributed by atoms with Crippen molar-refractivity contribution in [3.63, 3.8) is 0 Å². The Labute approximate surface area is 182 Å². The highest BCUT2D eigenvalue weighted by atomic mass is 32.1. The molecule has 0 radical (unpaired) electrons. The van der Waals surface area contributed by atoms with Crippen LogP contribution in [0.5, 0.6) is 11.5 Å². The van der Waals surface area contributed by atoms with Gasteiger partial charge in [0.25, 0.3) is 0 Å². The number of thiophene rings is 1. The smallest absolute Gasteiger partial charge is 0.225 e. The van der Waals surface area contributed by atoms with Gasteiger partial charge in [0, 0.05) is 29.8 Å². The number of carbonyl (C=O) groups is 2. The fraction of sp³-hybridized carbons (Fsp3) is 0.478. The van der Waals surface area contributed by atoms with Crippen LogP contribution in [-0.4, -0.2) is 44.0 Å². The Morgan fingerprint density at radius 2 is 1.90 bits per heavy atom. The maximum atomic E-state index is 13.1. The zero-order valence-electron chi connectivity index (χ0n) is 18.3. The minimum absolute atomic E-state index is 0.0306. The van der Waals surface area contributed by atoms with E-state index in [0.717, 1.165) is 22.4 Å². The van der Waals surface area contributed by atoms with Gasteiger partial charge in [-0.25, -0.2) is 0 Å². The molecule has 0 saturated carbocycles. The van der Waals surface area contributed by atoms with Gasteiger partial charge in [0.2, 0.25) is 11.8 Å². The van der Waals surface area contributed by atoms with Gasteiger partial charge in [0.1, 0.15) is 0 Å². The second-order valence-corrected chi connectivity index (χ2v) is 9.40. The monoisotopic (exact) mass is 430 g/mol. The Bertz CT molecular complexity index is 903. The Hall–Kier alpha value is -2.54. The van der Waals surface area contributed by atoms with Gasteiger partial charge in [-0.1, -0.05) is 26.8 Å². The van der Waals surface area contributed by atoms with Crippen LogP contribution in [-0.2, 0) is 16.0 Å². The lowest BCUT2D eigenvalue weighted by Crippen LogP contribution is -2.42. The lowest BCUT2D eigenvalue weighted by Gasteiger charge is -2.37. The molecule has 6 nitrogen and oxygen atoms in total. The fourth-order valence-electron chi connectivity index (χ4n) is 3.66. The van der Waals surface area contributed by atoms with Crippen molar-refractivity contribution >= 4 is 23.2 Å². The molecule has 0 bridgehead atoms. The van der Waals surface area contributed by atoms with E-state index in [4.69, 9.17) is 9.47 Å². The molecule has 1 atom stereocenters. The standard InChI is InChI=1S/C23H30N2O4S/c1-23(2,3)22(27)24-10-8-20(26)25-11-9-15-13-17(28-4)18(29-5)14-16(15)21(25)19-7-6-12-30-19/h6-7,12-14,21H,8-11H2,1-5H3,(H,24,27). The van der Waals surface area contributed by atoms with Crippen molar-refractivity contribution in [2.24, 2.45) is 5.41 Å². The highest BCUT2D eigenvalue weighted by Crippen LogP contribution is 2.42. The van der Waals surface area contributed by atoms with Gasteiger partial charge < -0.3 is 19.7 Å². The van der Waals surface area contributed by atoms with Crippen LogP contribution in [0.2, 0.25) is 0 Å². The fourth-order valence-corrected chi connectivity index (χ4v) is 4.51. The number of nitrogens with one attached hydrogen (secondary N) is 1. The number of carbonyl (C=O) groups excluding carboxylic acids is 2. The van der Waals surface area contributed by atoms with Crippen LogP contribution < -0.4 is 14.8 Å². The summed E-state index contributed by atoms with van der Waals surface area (Å²) in [6.45, 7) is 6.54. The molecule has 1 N–H and O–H groups in total. The summed E-state index contributed by atoms with van der Waals surface area (Å²) < 4.78 is 11.0. The maximum absolute atomic E-state index is 13.1. The van der Waals surface area contributed by atoms with E-state index in [0.29, 0.717) is 24.6 Å². The second-order valence-electron chi connectivity index (χ2n) is 8.42. The Balaban J connectivity index is 1.85. The van der Waals surface area contributed by atoms with E-state index in [1.165, 1.54) is 0 Å². The molecule has 3 rings (SSSR count). The SMILES string of the molecule is COc1cc2c(cc1OC)C(c1cccs1)N(C(=O)CCNC(=O)C(C)(C)C)CC2. The van der Waals surface area contributed by atoms with Crippen molar-refractivity contribution in [2.45, 2.75) is 39.7 Å². The summed E-state index contributed by atoms with van der Waals surface area (Å²) in [5.74, 6) is 1.34. The van der Waals surface area contributed by atoms with Crippen molar-refractivity contribution in [3.8, 4) is 11.5 Å². The number of rotatable bonds is 6. The minimum atomic E-state index is -0.470. The summed E-state index contributed by atoms with van der Waals surface area (Å²) in [5, 5.41) is 4.90. The first kappa shape index (κ1) is 22.2. The molecule has 2 aromatic rings. The van der Waals surface area contributed by atoms with Gasteiger partial charge in [0.05, 0.1) is 20.3 Å². The predicted octanol–water partition coefficient (Wildman–Crippen LogP) is 3.79. The normalized spacial score (nSPS) is 16.0. The molecule has 7 heteroatoms. The van der Waals surface area contributed by atoms with E-state index >= 15 is 0 Å². The topological polar surface area (TPSA) is 67.9 Å². The third-order valence-corrected chi connectivity index (χ3v) is 6.24. The predicted molar refractivity (Wildman–Crippen MR) is 118 cm³/mol. The van der Waals surface area contributed by atoms with Crippen LogP contribution in [0.3, 0.4) is 0 Å². The van der Waals surface area contributed by atoms with Gasteiger partial charge >= 0.3 is 0 Å². The van der Waals surface area contributed by atoms with Crippen LogP contribution in [0.15, 0.2) is 29.6 Å². The highest BCUT2D eigenvalue weighted by molar-refractivity contribution is 7.10. The Morgan fingerprint density at radius 3 is 2.50 bits per heavy atom. The molecule has 1 aromatic carbocycles. The number of nitrogens with zero attached hydrogens (tertiary/aromatic N) is 1. The average molecular weight is 431 g/mol. The van der Waals surface area contributed by atoms with Crippen LogP contribution >= 0.6 is 11.3 Å². The quantitative estimate of drug-likeness (QED) is 0.757. The maximum Gasteiger partial charge on any atom is 0.225 e. The van der Waals surface area contributed by atoms with Crippen molar-refractivity contribution in [2.75, 3.05) is 27.3 Å². The molecule has 0 spiro atoms. The molecule has 0 fully saturated rings. The number of ether oxygens (including phenoxy) is 2. The van der Waals surface area contributed by atoms with Crippen LogP contribution in [0.25, 0.3) is 0 Å². The van der Waals surface area contributed by atoms with Crippen molar-refractivity contribution < 1.29 is 19.1 Å². The van der Waals surface area contributed by atoms with E-state index in [9.17, 15) is 9.59 Å². The van der Waals surface area contributed by atoms with Crippen LogP contribution in [0.1, 0.15) is 49.2 Å². The molecule has 1 aliphatic rings. The highest BCUT2D eigenvalue weighted by Gasteiger charge is 2.34. The molecule has 1 aromatic heterocycles. The lowest BCUT2D eigenvalue weighted by molar-refractivity contribution is -0.133. The number of methoxy groups -OCH3 is 2. The van der Waals surface area contributed by atoms with Gasteiger partial charge in [-0.05, 0) is 41.1 Å². The third-order valence-electron chi connectivity index (χ3n) is 5.31. The van der Waals surface area contributed by atoms with E-state index in [1.54, 1.807) is 25.6 Å². The molecule has 1 aliphatic heterocycles. The first-order valence-corrected chi connectivity index (χ1v) is 11.0. The molecule has 0 saturated heterocycles. The summed E-state index contributed by atoms with van der Waals surface area (Å²) in [6, 6.07) is 7.89. The average Bonchev–Trinajstić information content (AvgIpc) is 3.25. The van der Waals surface area contributed by atoms with E-state index in [2.05, 4.69) is 11.4 Å². The van der Waals surface area contributed by atoms with E-state index < -0.39 is 5.41 Å². The largest absolute Gasteiger partial charge is 0.493 e. The summed E-state index contributed by atoms with van der Waals surface area (Å²) >= 11 is 1.63. The van der Waals surface area contributed by atoms with Crippen LogP contribution in [0.4, 0.5) is 0 Å². The van der Waals surface area contributed by atoms with Crippen molar-refractivity contribution in [3.05, 3.63) is 45.6 Å². The van der Waals surface area contributed by atoms with Crippen molar-refractivity contribution in [1.29, 1.82) is 0 Å². The third kappa shape index (κ3) is 4.61. The number of hydrogen-bond donors (Lipinski definition) is 1. The molecule has 1 unspecified atom stereocenters. The number of benzene rings is 1. The van der Waals surface area contributed by atoms with Gasteiger partial charge in [0.15, 0.2) is 11.5 Å². The molecule has 30 heavy (non-hydrogen) atoms. The summed E-state index contributed by atoms with van der Waals surface area (Å²) in [4.78, 5) is 28.3. The first-order valence-electron chi connectivity index (χ1n) is 10.1. The molecule has 0 aliphatic carbocycles. The zero-order chi connectivity index (χ0) is 21.9. The molecule has 2 amide bonds. The Morgan fingerprint density at radius 1 is 1.20 bits per heavy atom. The van der Waals surface area contributed by atoms with Crippen LogP contribution in [0, 0.1) is 5.41 Å². The van der Waals surface area contributed by atoms with E-state index in [-0.39, 0.29) is 24.3 Å². The summed E-state index contributed by atoms with van der Waals surface area (Å²) in [6.07, 6.45) is 1.02. The molecule has 2 heterocycles. The van der Waals surface area contributed by atoms with Gasteiger partial charge in [-0.15, -0.1) is 11.3 Å². The first-order chi connectivity index (χ1) is 14.3. The minimum Gasteiger partial charge on any atom is -0.493 e. The van der Waals surface area contributed by atoms with E-state index in [1.807, 2.05) is 49.3 Å². The Kier molecular flexibility index (Phi) is 6.71. The van der Waals surface area contributed by atoms with Gasteiger partial charge in [-0.3, -0.25) is 9.59 Å². The van der Waals surface area contributed by atoms with Gasteiger partial charge in [-0.2, -0.15) is 0 Å².